The fourth-order valence-corrected chi connectivity index (χ4v) is 3.74. The number of nitrogens with one attached hydrogen (secondary N) is 2. The van der Waals surface area contributed by atoms with Crippen LogP contribution < -0.4 is 10.6 Å². The van der Waals surface area contributed by atoms with Crippen LogP contribution in [0.5, 0.6) is 0 Å². The van der Waals surface area contributed by atoms with Gasteiger partial charge in [0.1, 0.15) is 0 Å². The number of thioether (sulfide) groups is 1. The van der Waals surface area contributed by atoms with E-state index >= 15 is 0 Å². The Hall–Kier alpha value is -3.13. The molecule has 8 heteroatoms. The van der Waals surface area contributed by atoms with Crippen LogP contribution in [0.3, 0.4) is 0 Å². The van der Waals surface area contributed by atoms with E-state index in [4.69, 9.17) is 0 Å². The average molecular weight is 424 g/mol. The highest BCUT2D eigenvalue weighted by atomic mass is 32.2. The first kappa shape index (κ1) is 21.6. The second-order valence-electron chi connectivity index (χ2n) is 6.80. The summed E-state index contributed by atoms with van der Waals surface area (Å²) in [5.41, 5.74) is 3.95. The Bertz CT molecular complexity index is 1050. The maximum Gasteiger partial charge on any atom is 0.243 e. The van der Waals surface area contributed by atoms with Crippen molar-refractivity contribution in [2.45, 2.75) is 25.4 Å². The Balaban J connectivity index is 1.50. The van der Waals surface area contributed by atoms with Crippen molar-refractivity contribution >= 4 is 29.3 Å². The van der Waals surface area contributed by atoms with Gasteiger partial charge in [-0.1, -0.05) is 61.2 Å². The Labute approximate surface area is 180 Å². The molecule has 156 valence electrons. The Kier molecular flexibility index (Phi) is 7.24. The number of carbonyl (C=O) groups excluding carboxylic acids is 2. The molecule has 1 aromatic heterocycles. The minimum atomic E-state index is -0.255. The molecule has 0 atom stereocenters. The number of carbonyl (C=O) groups is 2. The van der Waals surface area contributed by atoms with E-state index in [1.54, 1.807) is 0 Å². The molecule has 0 unspecified atom stereocenters. The summed E-state index contributed by atoms with van der Waals surface area (Å²) in [6.07, 6.45) is 0.821. The highest BCUT2D eigenvalue weighted by Gasteiger charge is 2.14. The van der Waals surface area contributed by atoms with Crippen molar-refractivity contribution in [2.24, 2.45) is 7.05 Å². The van der Waals surface area contributed by atoms with E-state index in [1.165, 1.54) is 11.8 Å². The third-order valence-corrected chi connectivity index (χ3v) is 5.69. The SMILES string of the molecule is CCc1ccccc1NC(=O)CNC(=O)CSc1nnc(-c2ccccc2C)n1C. The molecule has 30 heavy (non-hydrogen) atoms. The zero-order chi connectivity index (χ0) is 21.5. The van der Waals surface area contributed by atoms with Crippen molar-refractivity contribution in [3.05, 3.63) is 59.7 Å². The van der Waals surface area contributed by atoms with Gasteiger partial charge in [0, 0.05) is 18.3 Å². The number of hydrogen-bond acceptors (Lipinski definition) is 5. The van der Waals surface area contributed by atoms with E-state index in [0.29, 0.717) is 5.16 Å². The summed E-state index contributed by atoms with van der Waals surface area (Å²) < 4.78 is 1.87. The lowest BCUT2D eigenvalue weighted by atomic mass is 10.1. The van der Waals surface area contributed by atoms with Crippen LogP contribution in [0.2, 0.25) is 0 Å². The minimum Gasteiger partial charge on any atom is -0.346 e. The fraction of sp³-hybridized carbons (Fsp3) is 0.273. The van der Waals surface area contributed by atoms with Crippen molar-refractivity contribution in [3.8, 4) is 11.4 Å². The number of para-hydroxylation sites is 1. The number of hydrogen-bond donors (Lipinski definition) is 2. The second-order valence-corrected chi connectivity index (χ2v) is 7.75. The van der Waals surface area contributed by atoms with E-state index in [9.17, 15) is 9.59 Å². The lowest BCUT2D eigenvalue weighted by molar-refractivity contribution is -0.122. The lowest BCUT2D eigenvalue weighted by Crippen LogP contribution is -2.34. The molecule has 0 fully saturated rings. The summed E-state index contributed by atoms with van der Waals surface area (Å²) in [5, 5.41) is 14.6. The first-order chi connectivity index (χ1) is 14.5. The summed E-state index contributed by atoms with van der Waals surface area (Å²) in [4.78, 5) is 24.3. The molecule has 3 rings (SSSR count). The van der Waals surface area contributed by atoms with E-state index in [0.717, 1.165) is 34.6 Å². The molecule has 0 aliphatic heterocycles. The predicted octanol–water partition coefficient (Wildman–Crippen LogP) is 3.20. The molecule has 7 nitrogen and oxygen atoms in total. The molecule has 2 amide bonds. The van der Waals surface area contributed by atoms with Crippen molar-refractivity contribution in [1.29, 1.82) is 0 Å². The third kappa shape index (κ3) is 5.27. The fourth-order valence-electron chi connectivity index (χ4n) is 3.00. The normalized spacial score (nSPS) is 10.6. The number of aromatic nitrogens is 3. The highest BCUT2D eigenvalue weighted by molar-refractivity contribution is 7.99. The van der Waals surface area contributed by atoms with Crippen LogP contribution in [0, 0.1) is 6.92 Å². The minimum absolute atomic E-state index is 0.0787. The molecule has 0 aliphatic rings. The summed E-state index contributed by atoms with van der Waals surface area (Å²) in [5.74, 6) is 0.414. The molecular weight excluding hydrogens is 398 g/mol. The Morgan fingerprint density at radius 1 is 1.03 bits per heavy atom. The molecule has 0 aliphatic carbocycles. The molecule has 1 heterocycles. The van der Waals surface area contributed by atoms with E-state index in [-0.39, 0.29) is 24.1 Å². The first-order valence-corrected chi connectivity index (χ1v) is 10.7. The Morgan fingerprint density at radius 3 is 2.53 bits per heavy atom. The van der Waals surface area contributed by atoms with Gasteiger partial charge in [-0.15, -0.1) is 10.2 Å². The van der Waals surface area contributed by atoms with Crippen molar-refractivity contribution < 1.29 is 9.59 Å². The summed E-state index contributed by atoms with van der Waals surface area (Å²) in [6.45, 7) is 3.97. The Morgan fingerprint density at radius 2 is 1.77 bits per heavy atom. The van der Waals surface area contributed by atoms with Crippen LogP contribution in [0.1, 0.15) is 18.1 Å². The summed E-state index contributed by atoms with van der Waals surface area (Å²) >= 11 is 1.28. The number of anilines is 1. The van der Waals surface area contributed by atoms with Gasteiger partial charge in [-0.05, 0) is 30.5 Å². The number of amides is 2. The highest BCUT2D eigenvalue weighted by Crippen LogP contribution is 2.24. The van der Waals surface area contributed by atoms with E-state index in [2.05, 4.69) is 20.8 Å². The summed E-state index contributed by atoms with van der Waals surface area (Å²) in [6, 6.07) is 15.6. The number of nitrogens with zero attached hydrogens (tertiary/aromatic N) is 3. The molecule has 0 bridgehead atoms. The van der Waals surface area contributed by atoms with Crippen LogP contribution in [0.15, 0.2) is 53.7 Å². The zero-order valence-electron chi connectivity index (χ0n) is 17.3. The molecule has 0 radical (unpaired) electrons. The third-order valence-electron chi connectivity index (χ3n) is 4.67. The molecule has 0 saturated heterocycles. The zero-order valence-corrected chi connectivity index (χ0v) is 18.1. The van der Waals surface area contributed by atoms with Crippen molar-refractivity contribution in [3.63, 3.8) is 0 Å². The van der Waals surface area contributed by atoms with Gasteiger partial charge in [0.2, 0.25) is 11.8 Å². The molecule has 0 saturated carbocycles. The monoisotopic (exact) mass is 423 g/mol. The van der Waals surface area contributed by atoms with Crippen LogP contribution in [-0.4, -0.2) is 38.9 Å². The van der Waals surface area contributed by atoms with Gasteiger partial charge in [-0.25, -0.2) is 0 Å². The number of aryl methyl sites for hydroxylation is 2. The van der Waals surface area contributed by atoms with Crippen LogP contribution >= 0.6 is 11.8 Å². The van der Waals surface area contributed by atoms with Gasteiger partial charge in [-0.3, -0.25) is 9.59 Å². The van der Waals surface area contributed by atoms with Gasteiger partial charge in [0.25, 0.3) is 0 Å². The van der Waals surface area contributed by atoms with Gasteiger partial charge in [0.15, 0.2) is 11.0 Å². The standard InChI is InChI=1S/C22H25N5O2S/c1-4-16-10-6-8-12-18(16)24-19(28)13-23-20(29)14-30-22-26-25-21(27(22)3)17-11-7-5-9-15(17)2/h5-12H,4,13-14H2,1-3H3,(H,23,29)(H,24,28). The smallest absolute Gasteiger partial charge is 0.243 e. The average Bonchev–Trinajstić information content (AvgIpc) is 3.11. The molecule has 3 aromatic rings. The molecular formula is C22H25N5O2S. The topological polar surface area (TPSA) is 88.9 Å². The van der Waals surface area contributed by atoms with Gasteiger partial charge in [-0.2, -0.15) is 0 Å². The van der Waals surface area contributed by atoms with Crippen molar-refractivity contribution in [2.75, 3.05) is 17.6 Å². The van der Waals surface area contributed by atoms with Gasteiger partial charge >= 0.3 is 0 Å². The maximum absolute atomic E-state index is 12.2. The number of benzene rings is 2. The van der Waals surface area contributed by atoms with Crippen LogP contribution in [0.4, 0.5) is 5.69 Å². The van der Waals surface area contributed by atoms with Gasteiger partial charge < -0.3 is 15.2 Å². The predicted molar refractivity (Wildman–Crippen MR) is 119 cm³/mol. The largest absolute Gasteiger partial charge is 0.346 e. The van der Waals surface area contributed by atoms with Crippen LogP contribution in [-0.2, 0) is 23.1 Å². The van der Waals surface area contributed by atoms with Gasteiger partial charge in [0.05, 0.1) is 12.3 Å². The second kappa shape index (κ2) is 10.1. The van der Waals surface area contributed by atoms with Crippen molar-refractivity contribution in [1.82, 2.24) is 20.1 Å². The maximum atomic E-state index is 12.2. The van der Waals surface area contributed by atoms with Crippen LogP contribution in [0.25, 0.3) is 11.4 Å². The molecule has 0 spiro atoms. The number of rotatable bonds is 8. The molecule has 2 N–H and O–H groups in total. The summed E-state index contributed by atoms with van der Waals surface area (Å²) in [7, 11) is 1.88. The van der Waals surface area contributed by atoms with E-state index < -0.39 is 0 Å². The first-order valence-electron chi connectivity index (χ1n) is 9.72. The molecule has 2 aromatic carbocycles. The quantitative estimate of drug-likeness (QED) is 0.543. The van der Waals surface area contributed by atoms with E-state index in [1.807, 2.05) is 74.0 Å². The lowest BCUT2D eigenvalue weighted by Gasteiger charge is -2.10.